The monoisotopic (exact) mass is 464 g/mol. The Morgan fingerprint density at radius 3 is 2.48 bits per heavy atom. The topological polar surface area (TPSA) is 89.2 Å². The Morgan fingerprint density at radius 1 is 1.24 bits per heavy atom. The molecule has 0 spiro atoms. The minimum atomic E-state index is -0.166. The second kappa shape index (κ2) is 12.6. The Labute approximate surface area is 167 Å². The summed E-state index contributed by atoms with van der Waals surface area (Å²) in [6.45, 7) is 8.56. The maximum Gasteiger partial charge on any atom is 0.257 e. The Bertz CT molecular complexity index is 563. The predicted molar refractivity (Wildman–Crippen MR) is 111 cm³/mol. The fraction of sp³-hybridized carbons (Fsp3) is 0.529. The molecule has 0 fully saturated rings. The first kappa shape index (κ1) is 23.3. The number of likely N-dealkylation sites (N-methyl/N-ethyl adjacent to an activating group) is 1. The molecule has 8 heteroatoms. The van der Waals surface area contributed by atoms with E-state index in [1.165, 1.54) is 0 Å². The molecule has 0 saturated carbocycles. The molecular weight excluding hydrogens is 435 g/mol. The third-order valence-electron chi connectivity index (χ3n) is 3.47. The normalized spacial score (nSPS) is 10.6. The summed E-state index contributed by atoms with van der Waals surface area (Å²) in [7, 11) is 1.56. The molecule has 7 nitrogen and oxygen atoms in total. The van der Waals surface area contributed by atoms with Crippen LogP contribution >= 0.6 is 24.0 Å². The number of nitrogens with zero attached hydrogens (tertiary/aromatic N) is 2. The number of carbonyl (C=O) groups excluding carboxylic acids is 1. The zero-order valence-corrected chi connectivity index (χ0v) is 17.7. The van der Waals surface area contributed by atoms with E-state index in [2.05, 4.69) is 10.3 Å². The van der Waals surface area contributed by atoms with Crippen molar-refractivity contribution >= 4 is 35.8 Å². The molecular formula is C17H29IN4O3. The van der Waals surface area contributed by atoms with Gasteiger partial charge in [0.1, 0.15) is 0 Å². The molecule has 0 unspecified atom stereocenters. The SMILES string of the molecule is CCNC(=O)COc1ccc(CN=C(N)N(CC)CC)cc1OC.I. The minimum Gasteiger partial charge on any atom is -0.493 e. The van der Waals surface area contributed by atoms with Crippen LogP contribution in [0.1, 0.15) is 26.3 Å². The van der Waals surface area contributed by atoms with Crippen molar-refractivity contribution in [2.45, 2.75) is 27.3 Å². The van der Waals surface area contributed by atoms with Gasteiger partial charge in [-0.1, -0.05) is 6.07 Å². The van der Waals surface area contributed by atoms with E-state index in [-0.39, 0.29) is 36.5 Å². The third kappa shape index (κ3) is 7.80. The van der Waals surface area contributed by atoms with Crippen LogP contribution in [-0.4, -0.2) is 50.1 Å². The van der Waals surface area contributed by atoms with Gasteiger partial charge < -0.3 is 25.4 Å². The lowest BCUT2D eigenvalue weighted by Gasteiger charge is -2.19. The maximum absolute atomic E-state index is 11.5. The second-order valence-electron chi connectivity index (χ2n) is 5.07. The molecule has 3 N–H and O–H groups in total. The van der Waals surface area contributed by atoms with E-state index in [1.807, 2.05) is 37.8 Å². The van der Waals surface area contributed by atoms with Crippen molar-refractivity contribution in [1.82, 2.24) is 10.2 Å². The molecule has 0 heterocycles. The van der Waals surface area contributed by atoms with Gasteiger partial charge >= 0.3 is 0 Å². The van der Waals surface area contributed by atoms with Gasteiger partial charge in [-0.3, -0.25) is 4.79 Å². The third-order valence-corrected chi connectivity index (χ3v) is 3.47. The molecule has 0 atom stereocenters. The summed E-state index contributed by atoms with van der Waals surface area (Å²) in [4.78, 5) is 17.9. The van der Waals surface area contributed by atoms with Crippen LogP contribution in [0.5, 0.6) is 11.5 Å². The number of hydrogen-bond acceptors (Lipinski definition) is 4. The fourth-order valence-corrected chi connectivity index (χ4v) is 2.14. The first-order chi connectivity index (χ1) is 11.5. The standard InChI is InChI=1S/C17H28N4O3.HI/c1-5-19-16(22)12-24-14-9-8-13(10-15(14)23-4)11-20-17(18)21(6-2)7-3;/h8-10H,5-7,11-12H2,1-4H3,(H2,18,20)(H,19,22);1H. The van der Waals surface area contributed by atoms with Crippen molar-refractivity contribution in [1.29, 1.82) is 0 Å². The number of methoxy groups -OCH3 is 1. The number of carbonyl (C=O) groups is 1. The molecule has 25 heavy (non-hydrogen) atoms. The summed E-state index contributed by atoms with van der Waals surface area (Å²) < 4.78 is 10.8. The average Bonchev–Trinajstić information content (AvgIpc) is 2.59. The largest absolute Gasteiger partial charge is 0.493 e. The van der Waals surface area contributed by atoms with E-state index < -0.39 is 0 Å². The lowest BCUT2D eigenvalue weighted by Crippen LogP contribution is -2.37. The Balaban J connectivity index is 0.00000576. The number of aliphatic imine (C=N–C) groups is 1. The van der Waals surface area contributed by atoms with Crippen molar-refractivity contribution in [3.05, 3.63) is 23.8 Å². The number of nitrogens with two attached hydrogens (primary N) is 1. The average molecular weight is 464 g/mol. The van der Waals surface area contributed by atoms with Crippen LogP contribution in [0.25, 0.3) is 0 Å². The molecule has 0 aliphatic rings. The molecule has 1 amide bonds. The highest BCUT2D eigenvalue weighted by atomic mass is 127. The number of nitrogens with one attached hydrogen (secondary N) is 1. The van der Waals surface area contributed by atoms with Gasteiger partial charge in [0.25, 0.3) is 5.91 Å². The molecule has 0 saturated heterocycles. The lowest BCUT2D eigenvalue weighted by atomic mass is 10.2. The fourth-order valence-electron chi connectivity index (χ4n) is 2.14. The van der Waals surface area contributed by atoms with E-state index in [1.54, 1.807) is 13.2 Å². The van der Waals surface area contributed by atoms with Crippen molar-refractivity contribution in [2.75, 3.05) is 33.4 Å². The van der Waals surface area contributed by atoms with E-state index >= 15 is 0 Å². The number of ether oxygens (including phenoxy) is 2. The smallest absolute Gasteiger partial charge is 0.257 e. The molecule has 0 radical (unpaired) electrons. The van der Waals surface area contributed by atoms with E-state index in [9.17, 15) is 4.79 Å². The highest BCUT2D eigenvalue weighted by Gasteiger charge is 2.09. The van der Waals surface area contributed by atoms with Crippen molar-refractivity contribution in [3.63, 3.8) is 0 Å². The molecule has 1 aromatic rings. The van der Waals surface area contributed by atoms with Gasteiger partial charge in [-0.2, -0.15) is 0 Å². The van der Waals surface area contributed by atoms with Crippen molar-refractivity contribution < 1.29 is 14.3 Å². The van der Waals surface area contributed by atoms with Crippen LogP contribution in [0.15, 0.2) is 23.2 Å². The van der Waals surface area contributed by atoms with Gasteiger partial charge in [0, 0.05) is 19.6 Å². The minimum absolute atomic E-state index is 0. The van der Waals surface area contributed by atoms with Crippen LogP contribution in [0, 0.1) is 0 Å². The van der Waals surface area contributed by atoms with E-state index in [4.69, 9.17) is 15.2 Å². The molecule has 1 aromatic carbocycles. The number of halogens is 1. The van der Waals surface area contributed by atoms with Gasteiger partial charge in [-0.05, 0) is 38.5 Å². The van der Waals surface area contributed by atoms with E-state index in [0.29, 0.717) is 30.5 Å². The van der Waals surface area contributed by atoms with Crippen LogP contribution < -0.4 is 20.5 Å². The van der Waals surface area contributed by atoms with Gasteiger partial charge in [-0.25, -0.2) is 4.99 Å². The Kier molecular flexibility index (Phi) is 11.8. The molecule has 1 rings (SSSR count). The first-order valence-electron chi connectivity index (χ1n) is 8.16. The van der Waals surface area contributed by atoms with Gasteiger partial charge in [0.15, 0.2) is 24.1 Å². The Morgan fingerprint density at radius 2 is 1.92 bits per heavy atom. The van der Waals surface area contributed by atoms with Gasteiger partial charge in [0.2, 0.25) is 0 Å². The highest BCUT2D eigenvalue weighted by molar-refractivity contribution is 14.0. The quantitative estimate of drug-likeness (QED) is 0.332. The first-order valence-corrected chi connectivity index (χ1v) is 8.16. The second-order valence-corrected chi connectivity index (χ2v) is 5.07. The number of rotatable bonds is 9. The summed E-state index contributed by atoms with van der Waals surface area (Å²) in [5.74, 6) is 1.44. The highest BCUT2D eigenvalue weighted by Crippen LogP contribution is 2.28. The summed E-state index contributed by atoms with van der Waals surface area (Å²) in [6, 6.07) is 5.50. The van der Waals surface area contributed by atoms with Crippen LogP contribution in [-0.2, 0) is 11.3 Å². The van der Waals surface area contributed by atoms with Crippen LogP contribution in [0.3, 0.4) is 0 Å². The summed E-state index contributed by atoms with van der Waals surface area (Å²) in [5, 5.41) is 2.68. The number of guanidine groups is 1. The Hall–Kier alpha value is -1.71. The van der Waals surface area contributed by atoms with E-state index in [0.717, 1.165) is 18.7 Å². The molecule has 0 bridgehead atoms. The zero-order valence-electron chi connectivity index (χ0n) is 15.4. The predicted octanol–water partition coefficient (Wildman–Crippen LogP) is 1.98. The molecule has 0 aliphatic carbocycles. The van der Waals surface area contributed by atoms with Gasteiger partial charge in [0.05, 0.1) is 13.7 Å². The number of amides is 1. The molecule has 142 valence electrons. The summed E-state index contributed by atoms with van der Waals surface area (Å²) >= 11 is 0. The van der Waals surface area contributed by atoms with Gasteiger partial charge in [-0.15, -0.1) is 24.0 Å². The summed E-state index contributed by atoms with van der Waals surface area (Å²) in [6.07, 6.45) is 0. The molecule has 0 aromatic heterocycles. The van der Waals surface area contributed by atoms with Crippen molar-refractivity contribution in [3.8, 4) is 11.5 Å². The van der Waals surface area contributed by atoms with Crippen molar-refractivity contribution in [2.24, 2.45) is 10.7 Å². The number of hydrogen-bond donors (Lipinski definition) is 2. The molecule has 0 aliphatic heterocycles. The zero-order chi connectivity index (χ0) is 17.9. The van der Waals surface area contributed by atoms with Crippen LogP contribution in [0.2, 0.25) is 0 Å². The summed E-state index contributed by atoms with van der Waals surface area (Å²) in [5.41, 5.74) is 6.92. The van der Waals surface area contributed by atoms with Crippen LogP contribution in [0.4, 0.5) is 0 Å². The maximum atomic E-state index is 11.5. The number of benzene rings is 1. The lowest BCUT2D eigenvalue weighted by molar-refractivity contribution is -0.123.